The van der Waals surface area contributed by atoms with Crippen LogP contribution in [-0.2, 0) is 14.3 Å². The Hall–Kier alpha value is -1.10. The normalized spacial score (nSPS) is 30.2. The van der Waals surface area contributed by atoms with Crippen LogP contribution >= 0.6 is 0 Å². The number of nitrogens with zero attached hydrogens (tertiary/aromatic N) is 2. The second-order valence-electron chi connectivity index (χ2n) is 5.58. The van der Waals surface area contributed by atoms with E-state index in [1.807, 2.05) is 4.90 Å². The number of rotatable bonds is 3. The van der Waals surface area contributed by atoms with Crippen LogP contribution in [0, 0.1) is 5.92 Å². The second kappa shape index (κ2) is 4.53. The summed E-state index contributed by atoms with van der Waals surface area (Å²) in [5.74, 6) is 0.650. The number of amides is 1. The van der Waals surface area contributed by atoms with Crippen molar-refractivity contribution in [1.82, 2.24) is 9.80 Å². The molecule has 5 nitrogen and oxygen atoms in total. The maximum atomic E-state index is 11.9. The van der Waals surface area contributed by atoms with Crippen molar-refractivity contribution in [3.8, 4) is 0 Å². The summed E-state index contributed by atoms with van der Waals surface area (Å²) in [6.45, 7) is 2.41. The van der Waals surface area contributed by atoms with E-state index in [0.717, 1.165) is 38.9 Å². The van der Waals surface area contributed by atoms with Gasteiger partial charge in [0.1, 0.15) is 6.04 Å². The summed E-state index contributed by atoms with van der Waals surface area (Å²) >= 11 is 0. The summed E-state index contributed by atoms with van der Waals surface area (Å²) in [7, 11) is 1.47. The largest absolute Gasteiger partial charge is 0.468 e. The van der Waals surface area contributed by atoms with Crippen LogP contribution < -0.4 is 0 Å². The molecule has 1 amide bonds. The molecule has 0 aromatic rings. The molecule has 18 heavy (non-hydrogen) atoms. The second-order valence-corrected chi connectivity index (χ2v) is 5.58. The van der Waals surface area contributed by atoms with Crippen molar-refractivity contribution in [2.24, 2.45) is 5.92 Å². The number of hydrogen-bond donors (Lipinski definition) is 0. The highest BCUT2D eigenvalue weighted by Gasteiger charge is 2.45. The lowest BCUT2D eigenvalue weighted by Gasteiger charge is -2.40. The molecule has 2 atom stereocenters. The zero-order valence-corrected chi connectivity index (χ0v) is 10.8. The molecule has 5 heteroatoms. The number of carbonyl (C=O) groups is 2. The lowest BCUT2D eigenvalue weighted by atomic mass is 10.1. The molecule has 0 aromatic carbocycles. The molecular weight excluding hydrogens is 232 g/mol. The Labute approximate surface area is 107 Å². The van der Waals surface area contributed by atoms with Gasteiger partial charge < -0.3 is 9.64 Å². The SMILES string of the molecule is COC(=O)C(C1CC1)N1CCN2C(=O)CCC2C1. The molecular formula is C13H20N2O3. The molecule has 1 aliphatic carbocycles. The van der Waals surface area contributed by atoms with E-state index in [1.54, 1.807) is 0 Å². The number of carbonyl (C=O) groups excluding carboxylic acids is 2. The van der Waals surface area contributed by atoms with E-state index in [2.05, 4.69) is 4.90 Å². The Bertz CT molecular complexity index is 367. The maximum Gasteiger partial charge on any atom is 0.323 e. The van der Waals surface area contributed by atoms with Crippen LogP contribution in [0.1, 0.15) is 25.7 Å². The quantitative estimate of drug-likeness (QED) is 0.675. The smallest absolute Gasteiger partial charge is 0.323 e. The summed E-state index contributed by atoms with van der Waals surface area (Å²) in [5.41, 5.74) is 0. The fourth-order valence-corrected chi connectivity index (χ4v) is 3.31. The third kappa shape index (κ3) is 2.00. The van der Waals surface area contributed by atoms with E-state index >= 15 is 0 Å². The molecule has 0 radical (unpaired) electrons. The van der Waals surface area contributed by atoms with Crippen molar-refractivity contribution in [3.63, 3.8) is 0 Å². The van der Waals surface area contributed by atoms with Gasteiger partial charge in [0, 0.05) is 32.1 Å². The molecule has 2 aliphatic heterocycles. The predicted octanol–water partition coefficient (Wildman–Crippen LogP) is 0.245. The number of methoxy groups -OCH3 is 1. The van der Waals surface area contributed by atoms with Crippen molar-refractivity contribution >= 4 is 11.9 Å². The van der Waals surface area contributed by atoms with Gasteiger partial charge in [0.05, 0.1) is 7.11 Å². The molecule has 3 aliphatic rings. The highest BCUT2D eigenvalue weighted by atomic mass is 16.5. The number of hydrogen-bond acceptors (Lipinski definition) is 4. The third-order valence-electron chi connectivity index (χ3n) is 4.43. The van der Waals surface area contributed by atoms with Crippen LogP contribution in [0.15, 0.2) is 0 Å². The zero-order chi connectivity index (χ0) is 12.7. The van der Waals surface area contributed by atoms with E-state index < -0.39 is 0 Å². The summed E-state index contributed by atoms with van der Waals surface area (Å²) in [4.78, 5) is 27.8. The molecule has 3 fully saturated rings. The number of esters is 1. The number of fused-ring (bicyclic) bond motifs is 1. The van der Waals surface area contributed by atoms with Crippen molar-refractivity contribution in [2.45, 2.75) is 37.8 Å². The third-order valence-corrected chi connectivity index (χ3v) is 4.43. The predicted molar refractivity (Wildman–Crippen MR) is 64.8 cm³/mol. The number of ether oxygens (including phenoxy) is 1. The first kappa shape index (κ1) is 12.0. The van der Waals surface area contributed by atoms with Gasteiger partial charge >= 0.3 is 5.97 Å². The molecule has 2 saturated heterocycles. The first-order valence-corrected chi connectivity index (χ1v) is 6.82. The Morgan fingerprint density at radius 1 is 1.33 bits per heavy atom. The lowest BCUT2D eigenvalue weighted by Crippen LogP contribution is -2.57. The molecule has 2 unspecified atom stereocenters. The number of piperazine rings is 1. The van der Waals surface area contributed by atoms with Crippen LogP contribution in [0.4, 0.5) is 0 Å². The average Bonchev–Trinajstić information content (AvgIpc) is 3.14. The van der Waals surface area contributed by atoms with Gasteiger partial charge in [-0.05, 0) is 25.2 Å². The maximum absolute atomic E-state index is 11.9. The van der Waals surface area contributed by atoms with Gasteiger partial charge in [-0.25, -0.2) is 0 Å². The van der Waals surface area contributed by atoms with Gasteiger partial charge in [0.25, 0.3) is 0 Å². The van der Waals surface area contributed by atoms with Crippen LogP contribution in [-0.4, -0.2) is 60.5 Å². The van der Waals surface area contributed by atoms with E-state index in [9.17, 15) is 9.59 Å². The average molecular weight is 252 g/mol. The Kier molecular flexibility index (Phi) is 3.01. The molecule has 0 aromatic heterocycles. The standard InChI is InChI=1S/C13H20N2O3/c1-18-13(17)12(9-2-3-9)14-6-7-15-10(8-14)4-5-11(15)16/h9-10,12H,2-8H2,1H3. The minimum Gasteiger partial charge on any atom is -0.468 e. The van der Waals surface area contributed by atoms with Crippen LogP contribution in [0.2, 0.25) is 0 Å². The van der Waals surface area contributed by atoms with E-state index in [0.29, 0.717) is 18.4 Å². The van der Waals surface area contributed by atoms with Gasteiger partial charge in [-0.1, -0.05) is 0 Å². The highest BCUT2D eigenvalue weighted by molar-refractivity contribution is 5.79. The summed E-state index contributed by atoms with van der Waals surface area (Å²) in [6, 6.07) is 0.241. The summed E-state index contributed by atoms with van der Waals surface area (Å²) in [5, 5.41) is 0. The van der Waals surface area contributed by atoms with Crippen LogP contribution in [0.3, 0.4) is 0 Å². The van der Waals surface area contributed by atoms with Gasteiger partial charge in [0.2, 0.25) is 5.91 Å². The van der Waals surface area contributed by atoms with Crippen LogP contribution in [0.25, 0.3) is 0 Å². The lowest BCUT2D eigenvalue weighted by molar-refractivity contribution is -0.149. The van der Waals surface area contributed by atoms with Crippen molar-refractivity contribution < 1.29 is 14.3 Å². The van der Waals surface area contributed by atoms with Gasteiger partial charge in [-0.2, -0.15) is 0 Å². The summed E-state index contributed by atoms with van der Waals surface area (Å²) < 4.78 is 4.94. The topological polar surface area (TPSA) is 49.9 Å². The first-order chi connectivity index (χ1) is 8.70. The minimum absolute atomic E-state index is 0.0761. The van der Waals surface area contributed by atoms with Crippen molar-refractivity contribution in [1.29, 1.82) is 0 Å². The fourth-order valence-electron chi connectivity index (χ4n) is 3.31. The van der Waals surface area contributed by atoms with E-state index in [4.69, 9.17) is 4.74 Å². The molecule has 3 rings (SSSR count). The monoisotopic (exact) mass is 252 g/mol. The Morgan fingerprint density at radius 3 is 2.78 bits per heavy atom. The van der Waals surface area contributed by atoms with Crippen LogP contribution in [0.5, 0.6) is 0 Å². The fraction of sp³-hybridized carbons (Fsp3) is 0.846. The molecule has 0 bridgehead atoms. The molecule has 0 N–H and O–H groups in total. The first-order valence-electron chi connectivity index (χ1n) is 6.82. The Morgan fingerprint density at radius 2 is 2.11 bits per heavy atom. The zero-order valence-electron chi connectivity index (χ0n) is 10.8. The highest BCUT2D eigenvalue weighted by Crippen LogP contribution is 2.37. The molecule has 2 heterocycles. The Balaban J connectivity index is 1.69. The van der Waals surface area contributed by atoms with Crippen molar-refractivity contribution in [3.05, 3.63) is 0 Å². The van der Waals surface area contributed by atoms with Crippen molar-refractivity contribution in [2.75, 3.05) is 26.7 Å². The molecule has 0 spiro atoms. The molecule has 1 saturated carbocycles. The van der Waals surface area contributed by atoms with E-state index in [1.165, 1.54) is 7.11 Å². The van der Waals surface area contributed by atoms with E-state index in [-0.39, 0.29) is 17.9 Å². The van der Waals surface area contributed by atoms with Gasteiger partial charge in [0.15, 0.2) is 0 Å². The minimum atomic E-state index is -0.102. The summed E-state index contributed by atoms with van der Waals surface area (Å²) in [6.07, 6.45) is 3.87. The molecule has 100 valence electrons. The van der Waals surface area contributed by atoms with Gasteiger partial charge in [-0.3, -0.25) is 14.5 Å². The van der Waals surface area contributed by atoms with Gasteiger partial charge in [-0.15, -0.1) is 0 Å².